The van der Waals surface area contributed by atoms with Crippen molar-refractivity contribution in [2.24, 2.45) is 0 Å². The molecule has 0 spiro atoms. The average molecular weight is 342 g/mol. The molecule has 2 rings (SSSR count). The number of hydrogen-bond donors (Lipinski definition) is 2. The van der Waals surface area contributed by atoms with Crippen LogP contribution in [0.25, 0.3) is 11.3 Å². The van der Waals surface area contributed by atoms with Gasteiger partial charge >= 0.3 is 5.97 Å². The van der Waals surface area contributed by atoms with Crippen LogP contribution in [0.15, 0.2) is 47.3 Å². The van der Waals surface area contributed by atoms with Crippen molar-refractivity contribution in [2.45, 2.75) is 32.2 Å². The van der Waals surface area contributed by atoms with Gasteiger partial charge in [0.25, 0.3) is 11.5 Å². The second-order valence-corrected chi connectivity index (χ2v) is 6.01. The Labute approximate surface area is 146 Å². The SMILES string of the molecule is CCC[C@](C)(NC(=O)c1ccc(-c2ccccc2)[nH]c1=O)C(=O)OC. The standard InChI is InChI=1S/C19H22N2O4/c1-4-12-19(2,18(24)25-3)21-17(23)14-10-11-15(20-16(14)22)13-8-6-5-7-9-13/h5-11H,4,12H2,1-3H3,(H,20,22)(H,21,23)/t19-/m0/s1. The first kappa shape index (κ1) is 18.4. The summed E-state index contributed by atoms with van der Waals surface area (Å²) in [5.74, 6) is -1.15. The van der Waals surface area contributed by atoms with Crippen molar-refractivity contribution in [1.82, 2.24) is 10.3 Å². The molecule has 6 heteroatoms. The highest BCUT2D eigenvalue weighted by Crippen LogP contribution is 2.17. The minimum atomic E-state index is -1.18. The molecule has 0 aliphatic rings. The van der Waals surface area contributed by atoms with E-state index in [4.69, 9.17) is 4.74 Å². The molecule has 2 aromatic rings. The molecule has 0 aliphatic heterocycles. The molecule has 132 valence electrons. The van der Waals surface area contributed by atoms with Crippen LogP contribution >= 0.6 is 0 Å². The number of aromatic nitrogens is 1. The number of H-pyrrole nitrogens is 1. The number of nitrogens with one attached hydrogen (secondary N) is 2. The number of carbonyl (C=O) groups excluding carboxylic acids is 2. The van der Waals surface area contributed by atoms with Crippen LogP contribution in [0.2, 0.25) is 0 Å². The van der Waals surface area contributed by atoms with E-state index in [-0.39, 0.29) is 5.56 Å². The molecule has 6 nitrogen and oxygen atoms in total. The fourth-order valence-corrected chi connectivity index (χ4v) is 2.70. The van der Waals surface area contributed by atoms with Crippen LogP contribution in [0.1, 0.15) is 37.0 Å². The van der Waals surface area contributed by atoms with Gasteiger partial charge in [0.05, 0.1) is 7.11 Å². The van der Waals surface area contributed by atoms with Crippen LogP contribution in [0, 0.1) is 0 Å². The molecule has 0 aliphatic carbocycles. The number of hydrogen-bond acceptors (Lipinski definition) is 4. The smallest absolute Gasteiger partial charge is 0.331 e. The van der Waals surface area contributed by atoms with Gasteiger partial charge in [0.2, 0.25) is 0 Å². The van der Waals surface area contributed by atoms with E-state index in [1.165, 1.54) is 13.2 Å². The Hall–Kier alpha value is -2.89. The maximum absolute atomic E-state index is 12.5. The summed E-state index contributed by atoms with van der Waals surface area (Å²) in [5, 5.41) is 2.63. The van der Waals surface area contributed by atoms with Gasteiger partial charge in [-0.3, -0.25) is 9.59 Å². The minimum absolute atomic E-state index is 0.0501. The Morgan fingerprint density at radius 2 is 1.84 bits per heavy atom. The maximum atomic E-state index is 12.5. The molecule has 1 aromatic carbocycles. The zero-order chi connectivity index (χ0) is 18.4. The van der Waals surface area contributed by atoms with E-state index in [9.17, 15) is 14.4 Å². The predicted molar refractivity (Wildman–Crippen MR) is 95.3 cm³/mol. The highest BCUT2D eigenvalue weighted by Gasteiger charge is 2.35. The molecule has 2 N–H and O–H groups in total. The second kappa shape index (κ2) is 7.79. The third-order valence-corrected chi connectivity index (χ3v) is 4.01. The van der Waals surface area contributed by atoms with E-state index in [2.05, 4.69) is 10.3 Å². The van der Waals surface area contributed by atoms with Crippen molar-refractivity contribution < 1.29 is 14.3 Å². The molecule has 0 saturated heterocycles. The Morgan fingerprint density at radius 3 is 2.40 bits per heavy atom. The van der Waals surface area contributed by atoms with Crippen LogP contribution in [0.4, 0.5) is 0 Å². The number of methoxy groups -OCH3 is 1. The number of ether oxygens (including phenoxy) is 1. The molecule has 1 heterocycles. The third-order valence-electron chi connectivity index (χ3n) is 4.01. The summed E-state index contributed by atoms with van der Waals surface area (Å²) < 4.78 is 4.77. The lowest BCUT2D eigenvalue weighted by Crippen LogP contribution is -2.53. The topological polar surface area (TPSA) is 88.3 Å². The fraction of sp³-hybridized carbons (Fsp3) is 0.316. The fourth-order valence-electron chi connectivity index (χ4n) is 2.70. The molecule has 25 heavy (non-hydrogen) atoms. The Kier molecular flexibility index (Phi) is 5.75. The van der Waals surface area contributed by atoms with Crippen LogP contribution < -0.4 is 10.9 Å². The normalized spacial score (nSPS) is 12.9. The first-order chi connectivity index (χ1) is 11.9. The summed E-state index contributed by atoms with van der Waals surface area (Å²) in [4.78, 5) is 39.5. The molecular weight excluding hydrogens is 320 g/mol. The quantitative estimate of drug-likeness (QED) is 0.790. The van der Waals surface area contributed by atoms with Gasteiger partial charge in [0.1, 0.15) is 11.1 Å². The summed E-state index contributed by atoms with van der Waals surface area (Å²) in [7, 11) is 1.27. The molecule has 1 aromatic heterocycles. The summed E-state index contributed by atoms with van der Waals surface area (Å²) in [6.07, 6.45) is 1.08. The zero-order valence-corrected chi connectivity index (χ0v) is 14.6. The van der Waals surface area contributed by atoms with Gasteiger partial charge in [0.15, 0.2) is 0 Å². The molecule has 0 saturated carbocycles. The first-order valence-corrected chi connectivity index (χ1v) is 8.11. The number of esters is 1. The summed E-state index contributed by atoms with van der Waals surface area (Å²) in [5.41, 5.74) is -0.276. The molecule has 0 unspecified atom stereocenters. The summed E-state index contributed by atoms with van der Waals surface area (Å²) in [6, 6.07) is 12.5. The maximum Gasteiger partial charge on any atom is 0.331 e. The number of rotatable bonds is 6. The number of amides is 1. The molecule has 0 bridgehead atoms. The van der Waals surface area contributed by atoms with Crippen molar-refractivity contribution in [1.29, 1.82) is 0 Å². The van der Waals surface area contributed by atoms with Gasteiger partial charge < -0.3 is 15.0 Å². The van der Waals surface area contributed by atoms with Gasteiger partial charge in [0, 0.05) is 5.69 Å². The van der Waals surface area contributed by atoms with Crippen LogP contribution in [0.5, 0.6) is 0 Å². The van der Waals surface area contributed by atoms with Gasteiger partial charge in [-0.15, -0.1) is 0 Å². The zero-order valence-electron chi connectivity index (χ0n) is 14.6. The summed E-state index contributed by atoms with van der Waals surface area (Å²) >= 11 is 0. The first-order valence-electron chi connectivity index (χ1n) is 8.11. The summed E-state index contributed by atoms with van der Waals surface area (Å²) in [6.45, 7) is 3.49. The third kappa shape index (κ3) is 4.15. The number of pyridine rings is 1. The largest absolute Gasteiger partial charge is 0.467 e. The lowest BCUT2D eigenvalue weighted by atomic mass is 9.95. The van der Waals surface area contributed by atoms with Crippen molar-refractivity contribution in [2.75, 3.05) is 7.11 Å². The Balaban J connectivity index is 2.28. The highest BCUT2D eigenvalue weighted by atomic mass is 16.5. The van der Waals surface area contributed by atoms with Crippen molar-refractivity contribution in [3.63, 3.8) is 0 Å². The van der Waals surface area contributed by atoms with Gasteiger partial charge in [-0.05, 0) is 31.0 Å². The lowest BCUT2D eigenvalue weighted by molar-refractivity contribution is -0.147. The van der Waals surface area contributed by atoms with E-state index in [0.29, 0.717) is 18.5 Å². The predicted octanol–water partition coefficient (Wildman–Crippen LogP) is 2.50. The van der Waals surface area contributed by atoms with E-state index in [1.807, 2.05) is 37.3 Å². The molecule has 1 amide bonds. The van der Waals surface area contributed by atoms with Gasteiger partial charge in [-0.25, -0.2) is 4.79 Å². The van der Waals surface area contributed by atoms with Gasteiger partial charge in [-0.2, -0.15) is 0 Å². The number of carbonyl (C=O) groups is 2. The van der Waals surface area contributed by atoms with Crippen LogP contribution in [-0.4, -0.2) is 29.5 Å². The minimum Gasteiger partial charge on any atom is -0.467 e. The van der Waals surface area contributed by atoms with Crippen molar-refractivity contribution >= 4 is 11.9 Å². The van der Waals surface area contributed by atoms with E-state index in [1.54, 1.807) is 13.0 Å². The number of aromatic amines is 1. The van der Waals surface area contributed by atoms with E-state index < -0.39 is 23.0 Å². The Morgan fingerprint density at radius 1 is 1.16 bits per heavy atom. The number of benzene rings is 1. The Bertz CT molecular complexity index is 814. The van der Waals surface area contributed by atoms with Crippen LogP contribution in [0.3, 0.4) is 0 Å². The highest BCUT2D eigenvalue weighted by molar-refractivity contribution is 5.97. The lowest BCUT2D eigenvalue weighted by Gasteiger charge is -2.27. The van der Waals surface area contributed by atoms with Crippen molar-refractivity contribution in [3.8, 4) is 11.3 Å². The van der Waals surface area contributed by atoms with Crippen molar-refractivity contribution in [3.05, 3.63) is 58.4 Å². The average Bonchev–Trinajstić information content (AvgIpc) is 2.61. The molecule has 0 radical (unpaired) electrons. The molecular formula is C19H22N2O4. The van der Waals surface area contributed by atoms with Gasteiger partial charge in [-0.1, -0.05) is 43.7 Å². The van der Waals surface area contributed by atoms with E-state index in [0.717, 1.165) is 5.56 Å². The molecule has 1 atom stereocenters. The molecule has 0 fully saturated rings. The van der Waals surface area contributed by atoms with E-state index >= 15 is 0 Å². The van der Waals surface area contributed by atoms with Crippen LogP contribution in [-0.2, 0) is 9.53 Å². The monoisotopic (exact) mass is 342 g/mol. The second-order valence-electron chi connectivity index (χ2n) is 6.01.